The van der Waals surface area contributed by atoms with E-state index in [0.29, 0.717) is 12.8 Å². The number of aliphatic hydroxyl groups is 2. The van der Waals surface area contributed by atoms with Crippen LogP contribution >= 0.6 is 0 Å². The van der Waals surface area contributed by atoms with Gasteiger partial charge in [0.05, 0.1) is 0 Å². The number of aliphatic hydroxyl groups excluding tert-OH is 2. The van der Waals surface area contributed by atoms with Gasteiger partial charge in [-0.1, -0.05) is 41.5 Å². The van der Waals surface area contributed by atoms with Crippen molar-refractivity contribution in [1.29, 1.82) is 0 Å². The maximum Gasteiger partial charge on any atom is 0.252 e. The number of nitrogens with one attached hydrogen (secondary N) is 4. The molecule has 0 aliphatic carbocycles. The molecule has 36 heavy (non-hydrogen) atoms. The molecular weight excluding hydrogens is 472 g/mol. The zero-order chi connectivity index (χ0) is 28.0. The lowest BCUT2D eigenvalue weighted by Gasteiger charge is -2.32. The topological polar surface area (TPSA) is 175 Å². The summed E-state index contributed by atoms with van der Waals surface area (Å²) in [5.74, 6) is -3.05. The Bertz CT molecular complexity index is 646. The number of hydrogen-bond donors (Lipinski definition) is 6. The van der Waals surface area contributed by atoms with Gasteiger partial charge >= 0.3 is 0 Å². The van der Waals surface area contributed by atoms with Crippen LogP contribution in [0.4, 0.5) is 0 Å². The molecule has 0 spiro atoms. The zero-order valence-electron chi connectivity index (χ0n) is 22.8. The summed E-state index contributed by atoms with van der Waals surface area (Å²) in [6.07, 6.45) is -5.92. The Balaban J connectivity index is 5.94. The van der Waals surface area contributed by atoms with E-state index in [4.69, 9.17) is 9.47 Å². The number of carbonyl (C=O) groups is 4. The SMILES string of the molecule is CCCO[C@@H](C(=O)N[C@H](C(=O)NC)C(C)C)[C@H](O)[C@@H](O)[C@@H](OCCC)C(=O)N[C@H](C(=O)NC)C(C)C. The molecule has 0 aromatic heterocycles. The van der Waals surface area contributed by atoms with Crippen LogP contribution in [0.2, 0.25) is 0 Å². The number of rotatable bonds is 17. The van der Waals surface area contributed by atoms with Gasteiger partial charge in [-0.25, -0.2) is 0 Å². The van der Waals surface area contributed by atoms with Gasteiger partial charge in [-0.05, 0) is 24.7 Å². The minimum Gasteiger partial charge on any atom is -0.387 e. The normalized spacial score (nSPS) is 16.4. The third-order valence-corrected chi connectivity index (χ3v) is 5.48. The van der Waals surface area contributed by atoms with E-state index in [1.165, 1.54) is 14.1 Å². The zero-order valence-corrected chi connectivity index (χ0v) is 22.8. The second-order valence-corrected chi connectivity index (χ2v) is 9.25. The minimum atomic E-state index is -1.88. The molecule has 6 atom stereocenters. The summed E-state index contributed by atoms with van der Waals surface area (Å²) in [7, 11) is 2.87. The smallest absolute Gasteiger partial charge is 0.252 e. The van der Waals surface area contributed by atoms with E-state index in [9.17, 15) is 29.4 Å². The first-order valence-corrected chi connectivity index (χ1v) is 12.5. The van der Waals surface area contributed by atoms with Crippen LogP contribution in [-0.2, 0) is 28.7 Å². The Hall–Kier alpha value is -2.28. The van der Waals surface area contributed by atoms with E-state index < -0.39 is 60.1 Å². The summed E-state index contributed by atoms with van der Waals surface area (Å²) >= 11 is 0. The molecule has 0 aromatic carbocycles. The Kier molecular flexibility index (Phi) is 16.1. The fourth-order valence-electron chi connectivity index (χ4n) is 3.36. The first kappa shape index (κ1) is 33.7. The van der Waals surface area contributed by atoms with Crippen LogP contribution in [0.1, 0.15) is 54.4 Å². The van der Waals surface area contributed by atoms with E-state index in [1.54, 1.807) is 41.5 Å². The molecule has 0 rings (SSSR count). The Morgan fingerprint density at radius 1 is 0.639 bits per heavy atom. The van der Waals surface area contributed by atoms with Crippen molar-refractivity contribution in [3.8, 4) is 0 Å². The maximum absolute atomic E-state index is 13.1. The lowest BCUT2D eigenvalue weighted by atomic mass is 9.98. The molecule has 0 bridgehead atoms. The number of likely N-dealkylation sites (N-methyl/N-ethyl adjacent to an activating group) is 2. The van der Waals surface area contributed by atoms with Gasteiger partial charge in [0.2, 0.25) is 11.8 Å². The molecule has 6 N–H and O–H groups in total. The van der Waals surface area contributed by atoms with Crippen molar-refractivity contribution in [2.24, 2.45) is 11.8 Å². The third-order valence-electron chi connectivity index (χ3n) is 5.48. The molecular formula is C24H46N4O8. The second kappa shape index (κ2) is 17.2. The Morgan fingerprint density at radius 2 is 0.944 bits per heavy atom. The largest absolute Gasteiger partial charge is 0.387 e. The molecule has 0 aromatic rings. The van der Waals surface area contributed by atoms with E-state index in [0.717, 1.165) is 0 Å². The van der Waals surface area contributed by atoms with Crippen LogP contribution in [0.25, 0.3) is 0 Å². The van der Waals surface area contributed by atoms with Gasteiger partial charge in [0.15, 0.2) is 12.2 Å². The first-order chi connectivity index (χ1) is 16.9. The molecule has 0 unspecified atom stereocenters. The van der Waals surface area contributed by atoms with Crippen molar-refractivity contribution < 1.29 is 38.9 Å². The molecule has 210 valence electrons. The third kappa shape index (κ3) is 10.4. The lowest BCUT2D eigenvalue weighted by Crippen LogP contribution is -2.60. The summed E-state index contributed by atoms with van der Waals surface area (Å²) in [5.41, 5.74) is 0. The van der Waals surface area contributed by atoms with Crippen molar-refractivity contribution in [1.82, 2.24) is 21.3 Å². The summed E-state index contributed by atoms with van der Waals surface area (Å²) in [5, 5.41) is 32.0. The highest BCUT2D eigenvalue weighted by Crippen LogP contribution is 2.15. The van der Waals surface area contributed by atoms with E-state index >= 15 is 0 Å². The highest BCUT2D eigenvalue weighted by molar-refractivity contribution is 5.91. The van der Waals surface area contributed by atoms with Crippen molar-refractivity contribution >= 4 is 23.6 Å². The number of carbonyl (C=O) groups excluding carboxylic acids is 4. The number of ether oxygens (including phenoxy) is 2. The minimum absolute atomic E-state index is 0.0764. The molecule has 0 saturated carbocycles. The van der Waals surface area contributed by atoms with Crippen molar-refractivity contribution in [3.63, 3.8) is 0 Å². The fourth-order valence-corrected chi connectivity index (χ4v) is 3.36. The molecule has 0 fully saturated rings. The standard InChI is InChI=1S/C24H46N4O8/c1-9-11-35-19(23(33)27-15(13(3)4)21(31)25-7)17(29)18(30)20(36-12-10-2)24(34)28-16(14(5)6)22(32)26-8/h13-20,29-30H,9-12H2,1-8H3,(H,25,31)(H,26,32)(H,27,33)(H,28,34)/t15-,16-,17+,18+,19+,20+/m0/s1. The van der Waals surface area contributed by atoms with Crippen LogP contribution in [0.5, 0.6) is 0 Å². The van der Waals surface area contributed by atoms with E-state index in [-0.39, 0.29) is 25.0 Å². The molecule has 0 aliphatic rings. The number of hydrogen-bond acceptors (Lipinski definition) is 8. The predicted molar refractivity (Wildman–Crippen MR) is 134 cm³/mol. The van der Waals surface area contributed by atoms with Crippen molar-refractivity contribution in [2.75, 3.05) is 27.3 Å². The molecule has 0 heterocycles. The predicted octanol–water partition coefficient (Wildman–Crippen LogP) is -0.928. The van der Waals surface area contributed by atoms with Gasteiger partial charge < -0.3 is 41.0 Å². The summed E-state index contributed by atoms with van der Waals surface area (Å²) in [6.45, 7) is 10.7. The van der Waals surface area contributed by atoms with Gasteiger partial charge in [0, 0.05) is 27.3 Å². The maximum atomic E-state index is 13.1. The quantitative estimate of drug-likeness (QED) is 0.143. The summed E-state index contributed by atoms with van der Waals surface area (Å²) in [4.78, 5) is 50.5. The first-order valence-electron chi connectivity index (χ1n) is 12.5. The number of amides is 4. The highest BCUT2D eigenvalue weighted by Gasteiger charge is 2.42. The van der Waals surface area contributed by atoms with Gasteiger partial charge in [-0.3, -0.25) is 19.2 Å². The average Bonchev–Trinajstić information content (AvgIpc) is 2.84. The summed E-state index contributed by atoms with van der Waals surface area (Å²) < 4.78 is 11.1. The van der Waals surface area contributed by atoms with E-state index in [1.807, 2.05) is 0 Å². The van der Waals surface area contributed by atoms with Crippen LogP contribution in [-0.4, -0.2) is 97.7 Å². The molecule has 0 saturated heterocycles. The molecule has 0 aliphatic heterocycles. The molecule has 0 radical (unpaired) electrons. The van der Waals surface area contributed by atoms with Gasteiger partial charge in [-0.2, -0.15) is 0 Å². The Morgan fingerprint density at radius 3 is 1.17 bits per heavy atom. The molecule has 4 amide bonds. The van der Waals surface area contributed by atoms with Gasteiger partial charge in [0.25, 0.3) is 11.8 Å². The van der Waals surface area contributed by atoms with Crippen LogP contribution < -0.4 is 21.3 Å². The van der Waals surface area contributed by atoms with Gasteiger partial charge in [0.1, 0.15) is 24.3 Å². The van der Waals surface area contributed by atoms with Crippen molar-refractivity contribution in [2.45, 2.75) is 90.9 Å². The van der Waals surface area contributed by atoms with Crippen molar-refractivity contribution in [3.05, 3.63) is 0 Å². The summed E-state index contributed by atoms with van der Waals surface area (Å²) in [6, 6.07) is -1.82. The highest BCUT2D eigenvalue weighted by atomic mass is 16.5. The fraction of sp³-hybridized carbons (Fsp3) is 0.833. The second-order valence-electron chi connectivity index (χ2n) is 9.25. The Labute approximate surface area is 214 Å². The average molecular weight is 519 g/mol. The van der Waals surface area contributed by atoms with Gasteiger partial charge in [-0.15, -0.1) is 0 Å². The van der Waals surface area contributed by atoms with Crippen LogP contribution in [0.3, 0.4) is 0 Å². The van der Waals surface area contributed by atoms with Crippen LogP contribution in [0, 0.1) is 11.8 Å². The lowest BCUT2D eigenvalue weighted by molar-refractivity contribution is -0.169. The molecule has 12 heteroatoms. The van der Waals surface area contributed by atoms with E-state index in [2.05, 4.69) is 21.3 Å². The van der Waals surface area contributed by atoms with Crippen LogP contribution in [0.15, 0.2) is 0 Å². The monoisotopic (exact) mass is 518 g/mol. The molecule has 12 nitrogen and oxygen atoms in total.